The van der Waals surface area contributed by atoms with E-state index in [0.29, 0.717) is 0 Å². The Labute approximate surface area is 54.9 Å². The van der Waals surface area contributed by atoms with Gasteiger partial charge >= 0.3 is 29.6 Å². The van der Waals surface area contributed by atoms with Crippen LogP contribution in [0.25, 0.3) is 0 Å². The SMILES string of the molecule is F.F.F.F.F.[H-].[Na+]. The fourth-order valence-corrected chi connectivity index (χ4v) is 0. The molecular weight excluding hydrogens is 118 g/mol. The summed E-state index contributed by atoms with van der Waals surface area (Å²) >= 11 is 0. The van der Waals surface area contributed by atoms with Crippen LogP contribution in [-0.4, -0.2) is 0 Å². The molecule has 0 spiro atoms. The topological polar surface area (TPSA) is 0 Å². The minimum atomic E-state index is 0. The van der Waals surface area contributed by atoms with E-state index in [1.807, 2.05) is 0 Å². The van der Waals surface area contributed by atoms with Crippen molar-refractivity contribution in [3.63, 3.8) is 0 Å². The normalized spacial score (nSPS) is 0. The van der Waals surface area contributed by atoms with Crippen molar-refractivity contribution in [2.24, 2.45) is 0 Å². The molecule has 0 unspecified atom stereocenters. The fourth-order valence-electron chi connectivity index (χ4n) is 0. The van der Waals surface area contributed by atoms with E-state index in [4.69, 9.17) is 0 Å². The molecule has 0 aromatic carbocycles. The Bertz CT molecular complexity index is 8.04. The number of hydrogen-bond donors (Lipinski definition) is 0. The summed E-state index contributed by atoms with van der Waals surface area (Å²) in [5.74, 6) is 0. The monoisotopic (exact) mass is 124 g/mol. The van der Waals surface area contributed by atoms with Crippen molar-refractivity contribution >= 4 is 0 Å². The van der Waals surface area contributed by atoms with Gasteiger partial charge in [0.25, 0.3) is 0 Å². The molecule has 0 atom stereocenters. The molecule has 6 heavy (non-hydrogen) atoms. The third-order valence-corrected chi connectivity index (χ3v) is 0. The summed E-state index contributed by atoms with van der Waals surface area (Å²) in [7, 11) is 0. The van der Waals surface area contributed by atoms with Crippen LogP contribution in [-0.2, 0) is 0 Å². The summed E-state index contributed by atoms with van der Waals surface area (Å²) in [5, 5.41) is 0. The van der Waals surface area contributed by atoms with Crippen molar-refractivity contribution in [1.82, 2.24) is 0 Å². The molecule has 6 heteroatoms. The summed E-state index contributed by atoms with van der Waals surface area (Å²) in [4.78, 5) is 0. The molecule has 0 aliphatic rings. The second-order valence-corrected chi connectivity index (χ2v) is 0. The maximum Gasteiger partial charge on any atom is 1.00 e. The summed E-state index contributed by atoms with van der Waals surface area (Å²) in [6, 6.07) is 0. The Kier molecular flexibility index (Phi) is 24200. The first-order valence-corrected chi connectivity index (χ1v) is 0. The van der Waals surface area contributed by atoms with E-state index in [1.54, 1.807) is 0 Å². The number of rotatable bonds is 0. The van der Waals surface area contributed by atoms with Gasteiger partial charge in [0.1, 0.15) is 0 Å². The molecule has 0 radical (unpaired) electrons. The molecular formula is H6F5Na. The molecule has 0 bridgehead atoms. The van der Waals surface area contributed by atoms with E-state index in [9.17, 15) is 0 Å². The quantitative estimate of drug-likeness (QED) is 0.256. The van der Waals surface area contributed by atoms with Gasteiger partial charge in [-0.05, 0) is 0 Å². The Hall–Kier alpha value is 0.650. The van der Waals surface area contributed by atoms with Gasteiger partial charge in [0.2, 0.25) is 0 Å². The van der Waals surface area contributed by atoms with Crippen molar-refractivity contribution in [3.8, 4) is 0 Å². The van der Waals surface area contributed by atoms with Crippen LogP contribution in [0.15, 0.2) is 0 Å². The van der Waals surface area contributed by atoms with E-state index < -0.39 is 0 Å². The maximum atomic E-state index is 0. The first-order chi connectivity index (χ1) is 0. The Morgan fingerprint density at radius 2 is 0.500 bits per heavy atom. The van der Waals surface area contributed by atoms with Gasteiger partial charge in [0.15, 0.2) is 0 Å². The van der Waals surface area contributed by atoms with Gasteiger partial charge in [-0.25, -0.2) is 0 Å². The summed E-state index contributed by atoms with van der Waals surface area (Å²) in [6.45, 7) is 0. The second-order valence-electron chi connectivity index (χ2n) is 0. The predicted molar refractivity (Wildman–Crippen MR) is 13.6 cm³/mol. The standard InChI is InChI=1S/5FH.Na.H/h5*1H;;/q;;;;;+1;-1. The van der Waals surface area contributed by atoms with Crippen LogP contribution in [0.2, 0.25) is 0 Å². The minimum Gasteiger partial charge on any atom is -1.00 e. The molecule has 0 nitrogen and oxygen atoms in total. The van der Waals surface area contributed by atoms with Crippen LogP contribution in [0, 0.1) is 0 Å². The van der Waals surface area contributed by atoms with Crippen molar-refractivity contribution < 1.29 is 54.5 Å². The van der Waals surface area contributed by atoms with Crippen LogP contribution >= 0.6 is 0 Å². The zero-order valence-electron chi connectivity index (χ0n) is 4.04. The summed E-state index contributed by atoms with van der Waals surface area (Å²) in [6.07, 6.45) is 0. The van der Waals surface area contributed by atoms with Crippen molar-refractivity contribution in [2.75, 3.05) is 0 Å². The Morgan fingerprint density at radius 3 is 0.500 bits per heavy atom. The molecule has 0 aromatic rings. The Balaban J connectivity index is 0. The third-order valence-electron chi connectivity index (χ3n) is 0. The molecule has 42 valence electrons. The molecule has 0 saturated carbocycles. The predicted octanol–water partition coefficient (Wildman–Crippen LogP) is -2.12. The largest absolute Gasteiger partial charge is 1.00 e. The Morgan fingerprint density at radius 1 is 0.500 bits per heavy atom. The van der Waals surface area contributed by atoms with E-state index in [1.165, 1.54) is 0 Å². The summed E-state index contributed by atoms with van der Waals surface area (Å²) < 4.78 is 0. The van der Waals surface area contributed by atoms with Gasteiger partial charge < -0.3 is 1.43 Å². The first kappa shape index (κ1) is 502. The molecule has 0 N–H and O–H groups in total. The molecule has 0 saturated heterocycles. The first-order valence-electron chi connectivity index (χ1n) is 0. The zero-order valence-corrected chi connectivity index (χ0v) is 5.04. The van der Waals surface area contributed by atoms with Crippen molar-refractivity contribution in [1.29, 1.82) is 0 Å². The molecule has 0 heterocycles. The van der Waals surface area contributed by atoms with E-state index in [2.05, 4.69) is 0 Å². The zero-order chi connectivity index (χ0) is 0. The van der Waals surface area contributed by atoms with Crippen LogP contribution in [0.5, 0.6) is 0 Å². The summed E-state index contributed by atoms with van der Waals surface area (Å²) in [5.41, 5.74) is 0. The van der Waals surface area contributed by atoms with Gasteiger partial charge in [-0.1, -0.05) is 0 Å². The average molecular weight is 124 g/mol. The van der Waals surface area contributed by atoms with Crippen LogP contribution in [0.3, 0.4) is 0 Å². The van der Waals surface area contributed by atoms with Crippen LogP contribution in [0.4, 0.5) is 23.5 Å². The van der Waals surface area contributed by atoms with Gasteiger partial charge in [-0.3, -0.25) is 23.5 Å². The van der Waals surface area contributed by atoms with E-state index in [-0.39, 0.29) is 54.5 Å². The minimum absolute atomic E-state index is 0. The maximum absolute atomic E-state index is 0. The second kappa shape index (κ2) is 289. The van der Waals surface area contributed by atoms with Gasteiger partial charge in [-0.15, -0.1) is 0 Å². The molecule has 0 rings (SSSR count). The molecule has 0 fully saturated rings. The average Bonchev–Trinajstić information content (AvgIpc) is 0. The van der Waals surface area contributed by atoms with Crippen LogP contribution in [0.1, 0.15) is 1.43 Å². The number of halogens is 5. The molecule has 0 aliphatic heterocycles. The van der Waals surface area contributed by atoms with Gasteiger partial charge in [0, 0.05) is 0 Å². The van der Waals surface area contributed by atoms with E-state index in [0.717, 1.165) is 0 Å². The molecule has 0 aliphatic carbocycles. The fraction of sp³-hybridized carbons (Fsp3) is 0. The van der Waals surface area contributed by atoms with Crippen LogP contribution < -0.4 is 29.6 Å². The van der Waals surface area contributed by atoms with Gasteiger partial charge in [0.05, 0.1) is 0 Å². The smallest absolute Gasteiger partial charge is 1.00 e. The van der Waals surface area contributed by atoms with Crippen molar-refractivity contribution in [3.05, 3.63) is 0 Å². The van der Waals surface area contributed by atoms with Crippen molar-refractivity contribution in [2.45, 2.75) is 0 Å². The van der Waals surface area contributed by atoms with Gasteiger partial charge in [-0.2, -0.15) is 0 Å². The molecule has 0 aromatic heterocycles. The third kappa shape index (κ3) is 147. The van der Waals surface area contributed by atoms with E-state index >= 15 is 0 Å². The molecule has 0 amide bonds. The number of hydrogen-bond acceptors (Lipinski definition) is 0.